The van der Waals surface area contributed by atoms with E-state index in [1.165, 1.54) is 12.7 Å². The highest BCUT2D eigenvalue weighted by molar-refractivity contribution is 5.73. The van der Waals surface area contributed by atoms with Crippen LogP contribution < -0.4 is 5.32 Å². The van der Waals surface area contributed by atoms with E-state index in [1.54, 1.807) is 0 Å². The highest BCUT2D eigenvalue weighted by Crippen LogP contribution is 2.41. The zero-order valence-corrected chi connectivity index (χ0v) is 12.7. The molecule has 1 saturated carbocycles. The van der Waals surface area contributed by atoms with E-state index in [4.69, 9.17) is 4.74 Å². The van der Waals surface area contributed by atoms with Crippen LogP contribution in [0, 0.1) is 11.3 Å². The Labute approximate surface area is 121 Å². The fraction of sp³-hybridized carbons (Fsp3) is 0.588. The van der Waals surface area contributed by atoms with Gasteiger partial charge >= 0.3 is 5.97 Å². The Bertz CT molecular complexity index is 442. The first kappa shape index (κ1) is 15.0. The Morgan fingerprint density at radius 2 is 2.00 bits per heavy atom. The van der Waals surface area contributed by atoms with Crippen LogP contribution in [0.1, 0.15) is 38.7 Å². The maximum atomic E-state index is 11.8. The molecule has 110 valence electrons. The fourth-order valence-electron chi connectivity index (χ4n) is 3.25. The molecule has 3 heteroatoms. The number of carbonyl (C=O) groups is 1. The Hall–Kier alpha value is -1.35. The lowest BCUT2D eigenvalue weighted by Crippen LogP contribution is -2.44. The number of esters is 1. The SMILES string of the molecule is COC(=O)[C@@H]1CC[C@H](NCc2ccccc2)CC1(C)C. The Morgan fingerprint density at radius 1 is 1.30 bits per heavy atom. The van der Waals surface area contributed by atoms with Crippen molar-refractivity contribution < 1.29 is 9.53 Å². The van der Waals surface area contributed by atoms with Gasteiger partial charge in [0.1, 0.15) is 0 Å². The minimum atomic E-state index is -0.0588. The van der Waals surface area contributed by atoms with Crippen LogP contribution in [0.5, 0.6) is 0 Å². The predicted molar refractivity (Wildman–Crippen MR) is 80.2 cm³/mol. The quantitative estimate of drug-likeness (QED) is 0.858. The first-order valence-corrected chi connectivity index (χ1v) is 7.38. The first-order chi connectivity index (χ1) is 9.53. The summed E-state index contributed by atoms with van der Waals surface area (Å²) in [6.45, 7) is 5.24. The van der Waals surface area contributed by atoms with Crippen molar-refractivity contribution in [3.05, 3.63) is 35.9 Å². The molecule has 1 aromatic carbocycles. The first-order valence-electron chi connectivity index (χ1n) is 7.38. The molecule has 0 heterocycles. The standard InChI is InChI=1S/C17H25NO2/c1-17(2)11-14(9-10-15(17)16(19)20-3)18-12-13-7-5-4-6-8-13/h4-8,14-15,18H,9-12H2,1-3H3/t14-,15-/m0/s1. The van der Waals surface area contributed by atoms with E-state index in [9.17, 15) is 4.79 Å². The molecule has 1 N–H and O–H groups in total. The molecule has 3 nitrogen and oxygen atoms in total. The van der Waals surface area contributed by atoms with Crippen molar-refractivity contribution in [2.75, 3.05) is 7.11 Å². The van der Waals surface area contributed by atoms with Crippen LogP contribution in [-0.2, 0) is 16.1 Å². The van der Waals surface area contributed by atoms with Crippen LogP contribution in [0.4, 0.5) is 0 Å². The van der Waals surface area contributed by atoms with E-state index < -0.39 is 0 Å². The van der Waals surface area contributed by atoms with Crippen molar-refractivity contribution in [2.45, 2.75) is 45.7 Å². The van der Waals surface area contributed by atoms with Gasteiger partial charge in [0.25, 0.3) is 0 Å². The number of carbonyl (C=O) groups excluding carboxylic acids is 1. The van der Waals surface area contributed by atoms with E-state index >= 15 is 0 Å². The molecule has 2 rings (SSSR count). The monoisotopic (exact) mass is 275 g/mol. The number of hydrogen-bond donors (Lipinski definition) is 1. The average molecular weight is 275 g/mol. The van der Waals surface area contributed by atoms with Crippen LogP contribution in [0.25, 0.3) is 0 Å². The van der Waals surface area contributed by atoms with Gasteiger partial charge < -0.3 is 10.1 Å². The van der Waals surface area contributed by atoms with E-state index in [0.717, 1.165) is 25.8 Å². The zero-order valence-electron chi connectivity index (χ0n) is 12.7. The van der Waals surface area contributed by atoms with E-state index in [2.05, 4.69) is 43.4 Å². The molecule has 0 spiro atoms. The number of benzene rings is 1. The second kappa shape index (κ2) is 6.40. The molecule has 0 radical (unpaired) electrons. The highest BCUT2D eigenvalue weighted by Gasteiger charge is 2.41. The summed E-state index contributed by atoms with van der Waals surface area (Å²) in [4.78, 5) is 11.8. The summed E-state index contributed by atoms with van der Waals surface area (Å²) in [5.74, 6) is -0.0289. The minimum absolute atomic E-state index is 0.000300. The summed E-state index contributed by atoms with van der Waals surface area (Å²) in [6, 6.07) is 10.9. The van der Waals surface area contributed by atoms with Crippen molar-refractivity contribution in [2.24, 2.45) is 11.3 Å². The van der Waals surface area contributed by atoms with Gasteiger partial charge in [0.05, 0.1) is 13.0 Å². The molecule has 1 fully saturated rings. The smallest absolute Gasteiger partial charge is 0.309 e. The molecule has 0 bridgehead atoms. The molecule has 0 unspecified atom stereocenters. The third-order valence-corrected chi connectivity index (χ3v) is 4.44. The van der Waals surface area contributed by atoms with Crippen LogP contribution in [0.2, 0.25) is 0 Å². The van der Waals surface area contributed by atoms with Gasteiger partial charge in [-0.05, 0) is 30.2 Å². The van der Waals surface area contributed by atoms with Gasteiger partial charge in [-0.25, -0.2) is 0 Å². The molecule has 20 heavy (non-hydrogen) atoms. The van der Waals surface area contributed by atoms with Crippen molar-refractivity contribution in [3.63, 3.8) is 0 Å². The molecule has 0 saturated heterocycles. The summed E-state index contributed by atoms with van der Waals surface area (Å²) >= 11 is 0. The van der Waals surface area contributed by atoms with Crippen LogP contribution in [0.3, 0.4) is 0 Å². The normalized spacial score (nSPS) is 25.1. The van der Waals surface area contributed by atoms with Crippen LogP contribution in [0.15, 0.2) is 30.3 Å². The van der Waals surface area contributed by atoms with Gasteiger partial charge in [0, 0.05) is 12.6 Å². The van der Waals surface area contributed by atoms with Gasteiger partial charge in [0.15, 0.2) is 0 Å². The van der Waals surface area contributed by atoms with Gasteiger partial charge in [-0.1, -0.05) is 44.2 Å². The molecule has 1 aliphatic carbocycles. The van der Waals surface area contributed by atoms with Crippen molar-refractivity contribution in [1.82, 2.24) is 5.32 Å². The highest BCUT2D eigenvalue weighted by atomic mass is 16.5. The van der Waals surface area contributed by atoms with Gasteiger partial charge in [0.2, 0.25) is 0 Å². The molecule has 0 aromatic heterocycles. The van der Waals surface area contributed by atoms with Crippen LogP contribution in [-0.4, -0.2) is 19.1 Å². The average Bonchev–Trinajstić information content (AvgIpc) is 2.44. The molecule has 1 aromatic rings. The van der Waals surface area contributed by atoms with E-state index in [-0.39, 0.29) is 17.3 Å². The molecular formula is C17H25NO2. The van der Waals surface area contributed by atoms with Crippen LogP contribution >= 0.6 is 0 Å². The Kier molecular flexibility index (Phi) is 4.81. The summed E-state index contributed by atoms with van der Waals surface area (Å²) in [5, 5.41) is 3.62. The third-order valence-electron chi connectivity index (χ3n) is 4.44. The second-order valence-electron chi connectivity index (χ2n) is 6.41. The summed E-state index contributed by atoms with van der Waals surface area (Å²) < 4.78 is 4.93. The van der Waals surface area contributed by atoms with Crippen molar-refractivity contribution in [1.29, 1.82) is 0 Å². The van der Waals surface area contributed by atoms with Gasteiger partial charge in [-0.3, -0.25) is 4.79 Å². The lowest BCUT2D eigenvalue weighted by Gasteiger charge is -2.41. The summed E-state index contributed by atoms with van der Waals surface area (Å²) in [6.07, 6.45) is 2.96. The summed E-state index contributed by atoms with van der Waals surface area (Å²) in [5.41, 5.74) is 1.31. The largest absolute Gasteiger partial charge is 0.469 e. The molecule has 1 aliphatic rings. The molecular weight excluding hydrogens is 250 g/mol. The third kappa shape index (κ3) is 3.60. The number of hydrogen-bond acceptors (Lipinski definition) is 3. The molecule has 0 amide bonds. The Morgan fingerprint density at radius 3 is 2.60 bits per heavy atom. The Balaban J connectivity index is 1.89. The molecule has 0 aliphatic heterocycles. The van der Waals surface area contributed by atoms with Gasteiger partial charge in [-0.2, -0.15) is 0 Å². The van der Waals surface area contributed by atoms with Gasteiger partial charge in [-0.15, -0.1) is 0 Å². The minimum Gasteiger partial charge on any atom is -0.469 e. The van der Waals surface area contributed by atoms with Crippen molar-refractivity contribution >= 4 is 5.97 Å². The zero-order chi connectivity index (χ0) is 14.6. The number of ether oxygens (including phenoxy) is 1. The lowest BCUT2D eigenvalue weighted by molar-refractivity contribution is -0.151. The van der Waals surface area contributed by atoms with E-state index in [0.29, 0.717) is 6.04 Å². The number of nitrogens with one attached hydrogen (secondary N) is 1. The molecule has 2 atom stereocenters. The topological polar surface area (TPSA) is 38.3 Å². The number of methoxy groups -OCH3 is 1. The number of rotatable bonds is 4. The summed E-state index contributed by atoms with van der Waals surface area (Å²) in [7, 11) is 1.48. The fourth-order valence-corrected chi connectivity index (χ4v) is 3.25. The predicted octanol–water partition coefficient (Wildman–Crippen LogP) is 3.14. The lowest BCUT2D eigenvalue weighted by atomic mass is 9.67. The maximum absolute atomic E-state index is 11.8. The maximum Gasteiger partial charge on any atom is 0.309 e. The van der Waals surface area contributed by atoms with Crippen molar-refractivity contribution in [3.8, 4) is 0 Å². The second-order valence-corrected chi connectivity index (χ2v) is 6.41. The van der Waals surface area contributed by atoms with E-state index in [1.807, 2.05) is 6.07 Å².